The van der Waals surface area contributed by atoms with Crippen LogP contribution < -0.4 is 0 Å². The normalized spacial score (nSPS) is 12.2. The first-order valence-electron chi connectivity index (χ1n) is 3.35. The highest BCUT2D eigenvalue weighted by Gasteiger charge is 2.11. The number of esters is 1. The van der Waals surface area contributed by atoms with E-state index in [4.69, 9.17) is 5.11 Å². The molecular weight excluding hydrogens is 148 g/mol. The first-order chi connectivity index (χ1) is 5.06. The number of carbonyl (C=O) groups is 2. The standard InChI is InChI=1S/C7H12O4/c1-5(3-6(8)9)4-7(10)11-2/h5H,3-4H2,1-2H3,(H,8,9). The fourth-order valence-corrected chi connectivity index (χ4v) is 0.738. The summed E-state index contributed by atoms with van der Waals surface area (Å²) in [5.74, 6) is -1.40. The molecule has 1 N–H and O–H groups in total. The molecule has 11 heavy (non-hydrogen) atoms. The number of carbonyl (C=O) groups excluding carboxylic acids is 1. The topological polar surface area (TPSA) is 63.6 Å². The lowest BCUT2D eigenvalue weighted by Gasteiger charge is -2.05. The van der Waals surface area contributed by atoms with Crippen LogP contribution in [0.15, 0.2) is 0 Å². The van der Waals surface area contributed by atoms with Crippen molar-refractivity contribution in [3.63, 3.8) is 0 Å². The van der Waals surface area contributed by atoms with E-state index in [0.717, 1.165) is 0 Å². The smallest absolute Gasteiger partial charge is 0.305 e. The molecule has 0 aromatic heterocycles. The summed E-state index contributed by atoms with van der Waals surface area (Å²) in [6.45, 7) is 1.70. The van der Waals surface area contributed by atoms with Crippen molar-refractivity contribution in [2.75, 3.05) is 7.11 Å². The molecule has 1 unspecified atom stereocenters. The summed E-state index contributed by atoms with van der Waals surface area (Å²) in [5, 5.41) is 8.32. The average molecular weight is 160 g/mol. The molecule has 0 saturated heterocycles. The molecule has 0 radical (unpaired) electrons. The van der Waals surface area contributed by atoms with Gasteiger partial charge in [-0.05, 0) is 5.92 Å². The van der Waals surface area contributed by atoms with Gasteiger partial charge in [-0.25, -0.2) is 0 Å². The number of hydrogen-bond donors (Lipinski definition) is 1. The Labute approximate surface area is 65.2 Å². The van der Waals surface area contributed by atoms with Crippen molar-refractivity contribution in [2.45, 2.75) is 19.8 Å². The van der Waals surface area contributed by atoms with Gasteiger partial charge in [-0.2, -0.15) is 0 Å². The molecule has 0 heterocycles. The summed E-state index contributed by atoms with van der Waals surface area (Å²) in [7, 11) is 1.29. The molecule has 1 atom stereocenters. The third kappa shape index (κ3) is 5.39. The molecule has 0 aromatic rings. The Kier molecular flexibility index (Phi) is 4.26. The molecule has 0 rings (SSSR count). The van der Waals surface area contributed by atoms with Gasteiger partial charge in [0.15, 0.2) is 0 Å². The average Bonchev–Trinajstić information content (AvgIpc) is 1.85. The molecular formula is C7H12O4. The lowest BCUT2D eigenvalue weighted by atomic mass is 10.0. The van der Waals surface area contributed by atoms with Crippen LogP contribution in [0.1, 0.15) is 19.8 Å². The van der Waals surface area contributed by atoms with Gasteiger partial charge in [0.2, 0.25) is 0 Å². The van der Waals surface area contributed by atoms with Crippen molar-refractivity contribution in [1.82, 2.24) is 0 Å². The summed E-state index contributed by atoms with van der Waals surface area (Å²) in [6, 6.07) is 0. The maximum absolute atomic E-state index is 10.6. The summed E-state index contributed by atoms with van der Waals surface area (Å²) in [4.78, 5) is 20.7. The molecule has 4 heteroatoms. The van der Waals surface area contributed by atoms with Gasteiger partial charge in [0.1, 0.15) is 0 Å². The maximum Gasteiger partial charge on any atom is 0.305 e. The SMILES string of the molecule is COC(=O)CC(C)CC(=O)O. The summed E-state index contributed by atoms with van der Waals surface area (Å²) in [6.07, 6.45) is 0.178. The van der Waals surface area contributed by atoms with Gasteiger partial charge in [0, 0.05) is 12.8 Å². The zero-order chi connectivity index (χ0) is 8.85. The number of ether oxygens (including phenoxy) is 1. The zero-order valence-electron chi connectivity index (χ0n) is 6.66. The van der Waals surface area contributed by atoms with E-state index in [0.29, 0.717) is 0 Å². The first-order valence-corrected chi connectivity index (χ1v) is 3.35. The maximum atomic E-state index is 10.6. The van der Waals surface area contributed by atoms with Crippen molar-refractivity contribution in [3.05, 3.63) is 0 Å². The molecule has 0 bridgehead atoms. The van der Waals surface area contributed by atoms with Gasteiger partial charge in [-0.15, -0.1) is 0 Å². The predicted molar refractivity (Wildman–Crippen MR) is 38.0 cm³/mol. The molecule has 64 valence electrons. The number of carboxylic acid groups (broad SMARTS) is 1. The van der Waals surface area contributed by atoms with E-state index in [1.807, 2.05) is 0 Å². The number of aliphatic carboxylic acids is 1. The molecule has 0 aromatic carbocycles. The van der Waals surface area contributed by atoms with Crippen molar-refractivity contribution in [3.8, 4) is 0 Å². The van der Waals surface area contributed by atoms with Gasteiger partial charge < -0.3 is 9.84 Å². The molecule has 0 amide bonds. The van der Waals surface area contributed by atoms with Crippen LogP contribution in [0.2, 0.25) is 0 Å². The van der Waals surface area contributed by atoms with E-state index >= 15 is 0 Å². The Hall–Kier alpha value is -1.06. The summed E-state index contributed by atoms with van der Waals surface area (Å²) in [5.41, 5.74) is 0. The van der Waals surface area contributed by atoms with E-state index in [-0.39, 0.29) is 24.7 Å². The van der Waals surface area contributed by atoms with Crippen molar-refractivity contribution >= 4 is 11.9 Å². The van der Waals surface area contributed by atoms with Crippen LogP contribution >= 0.6 is 0 Å². The summed E-state index contributed by atoms with van der Waals surface area (Å²) < 4.78 is 4.37. The molecule has 0 aliphatic rings. The van der Waals surface area contributed by atoms with Crippen LogP contribution in [0.5, 0.6) is 0 Å². The number of carboxylic acids is 1. The van der Waals surface area contributed by atoms with E-state index in [2.05, 4.69) is 4.74 Å². The molecule has 0 saturated carbocycles. The van der Waals surface area contributed by atoms with Crippen molar-refractivity contribution < 1.29 is 19.4 Å². The summed E-state index contributed by atoms with van der Waals surface area (Å²) >= 11 is 0. The number of methoxy groups -OCH3 is 1. The second-order valence-corrected chi connectivity index (χ2v) is 2.48. The quantitative estimate of drug-likeness (QED) is 0.613. The van der Waals surface area contributed by atoms with E-state index in [1.165, 1.54) is 7.11 Å². The lowest BCUT2D eigenvalue weighted by molar-refractivity contribution is -0.142. The molecule has 4 nitrogen and oxygen atoms in total. The van der Waals surface area contributed by atoms with Crippen LogP contribution in [-0.4, -0.2) is 24.2 Å². The second-order valence-electron chi connectivity index (χ2n) is 2.48. The Morgan fingerprint density at radius 2 is 2.00 bits per heavy atom. The second kappa shape index (κ2) is 4.71. The Balaban J connectivity index is 3.60. The van der Waals surface area contributed by atoms with Gasteiger partial charge >= 0.3 is 11.9 Å². The van der Waals surface area contributed by atoms with Crippen molar-refractivity contribution in [2.24, 2.45) is 5.92 Å². The third-order valence-electron chi connectivity index (χ3n) is 1.27. The van der Waals surface area contributed by atoms with Gasteiger partial charge in [0.25, 0.3) is 0 Å². The monoisotopic (exact) mass is 160 g/mol. The van der Waals surface area contributed by atoms with Crippen LogP contribution in [0.25, 0.3) is 0 Å². The highest BCUT2D eigenvalue weighted by atomic mass is 16.5. The Morgan fingerprint density at radius 1 is 1.45 bits per heavy atom. The molecule has 0 fully saturated rings. The predicted octanol–water partition coefficient (Wildman–Crippen LogP) is 0.660. The zero-order valence-corrected chi connectivity index (χ0v) is 6.66. The molecule has 0 aliphatic heterocycles. The fraction of sp³-hybridized carbons (Fsp3) is 0.714. The van der Waals surface area contributed by atoms with E-state index in [9.17, 15) is 9.59 Å². The lowest BCUT2D eigenvalue weighted by Crippen LogP contribution is -2.10. The van der Waals surface area contributed by atoms with Crippen LogP contribution in [-0.2, 0) is 14.3 Å². The Morgan fingerprint density at radius 3 is 2.36 bits per heavy atom. The minimum Gasteiger partial charge on any atom is -0.481 e. The first kappa shape index (κ1) is 9.94. The largest absolute Gasteiger partial charge is 0.481 e. The Bertz CT molecular complexity index is 153. The van der Waals surface area contributed by atoms with Crippen LogP contribution in [0.4, 0.5) is 0 Å². The highest BCUT2D eigenvalue weighted by molar-refractivity contribution is 5.71. The van der Waals surface area contributed by atoms with Gasteiger partial charge in [-0.1, -0.05) is 6.92 Å². The van der Waals surface area contributed by atoms with Gasteiger partial charge in [0.05, 0.1) is 7.11 Å². The van der Waals surface area contributed by atoms with E-state index < -0.39 is 5.97 Å². The molecule has 0 aliphatic carbocycles. The minimum absolute atomic E-state index is 0.00903. The van der Waals surface area contributed by atoms with E-state index in [1.54, 1.807) is 6.92 Å². The molecule has 0 spiro atoms. The van der Waals surface area contributed by atoms with Crippen molar-refractivity contribution in [1.29, 1.82) is 0 Å². The van der Waals surface area contributed by atoms with Crippen LogP contribution in [0, 0.1) is 5.92 Å². The fourth-order valence-electron chi connectivity index (χ4n) is 0.738. The number of rotatable bonds is 4. The highest BCUT2D eigenvalue weighted by Crippen LogP contribution is 2.07. The minimum atomic E-state index is -0.888. The third-order valence-corrected chi connectivity index (χ3v) is 1.27. The number of hydrogen-bond acceptors (Lipinski definition) is 3. The van der Waals surface area contributed by atoms with Crippen LogP contribution in [0.3, 0.4) is 0 Å². The van der Waals surface area contributed by atoms with Gasteiger partial charge in [-0.3, -0.25) is 9.59 Å².